The molecule has 0 aliphatic heterocycles. The van der Waals surface area contributed by atoms with E-state index in [1.165, 1.54) is 11.3 Å². The first kappa shape index (κ1) is 17.8. The maximum Gasteiger partial charge on any atom is 0.279 e. The lowest BCUT2D eigenvalue weighted by Crippen LogP contribution is -2.11. The van der Waals surface area contributed by atoms with Crippen LogP contribution < -0.4 is 10.1 Å². The molecular formula is C17H11BrN4O3S2. The number of nitrogens with one attached hydrogen (secondary N) is 1. The molecule has 136 valence electrons. The zero-order valence-corrected chi connectivity index (χ0v) is 17.0. The van der Waals surface area contributed by atoms with E-state index in [0.29, 0.717) is 16.7 Å². The van der Waals surface area contributed by atoms with Gasteiger partial charge < -0.3 is 9.26 Å². The molecule has 0 saturated heterocycles. The van der Waals surface area contributed by atoms with Crippen molar-refractivity contribution in [3.05, 3.63) is 51.9 Å². The molecule has 1 aromatic carbocycles. The van der Waals surface area contributed by atoms with Gasteiger partial charge in [0.1, 0.15) is 5.75 Å². The second kappa shape index (κ2) is 7.59. The summed E-state index contributed by atoms with van der Waals surface area (Å²) in [7, 11) is 1.60. The highest BCUT2D eigenvalue weighted by Gasteiger charge is 2.17. The topological polar surface area (TPSA) is 90.1 Å². The van der Waals surface area contributed by atoms with Crippen LogP contribution in [-0.4, -0.2) is 27.5 Å². The first-order valence-corrected chi connectivity index (χ1v) is 10.0. The lowest BCUT2D eigenvalue weighted by Gasteiger charge is -1.99. The van der Waals surface area contributed by atoms with Gasteiger partial charge in [-0.2, -0.15) is 9.36 Å². The molecule has 0 atom stereocenters. The van der Waals surface area contributed by atoms with Crippen LogP contribution in [0.4, 0.5) is 5.13 Å². The number of rotatable bonds is 5. The average Bonchev–Trinajstić information content (AvgIpc) is 3.42. The Morgan fingerprint density at radius 3 is 2.74 bits per heavy atom. The number of hydrogen-bond donors (Lipinski definition) is 1. The molecule has 1 N–H and O–H groups in total. The highest BCUT2D eigenvalue weighted by molar-refractivity contribution is 9.11. The van der Waals surface area contributed by atoms with Gasteiger partial charge in [0, 0.05) is 23.2 Å². The number of amides is 1. The van der Waals surface area contributed by atoms with E-state index >= 15 is 0 Å². The molecule has 3 aromatic heterocycles. The number of hydrogen-bond acceptors (Lipinski definition) is 8. The fourth-order valence-corrected chi connectivity index (χ4v) is 4.20. The van der Waals surface area contributed by atoms with Gasteiger partial charge in [-0.3, -0.25) is 10.1 Å². The number of nitrogens with zero attached hydrogens (tertiary/aromatic N) is 3. The van der Waals surface area contributed by atoms with Crippen LogP contribution >= 0.6 is 38.8 Å². The number of halogens is 1. The van der Waals surface area contributed by atoms with Crippen LogP contribution in [0.1, 0.15) is 10.5 Å². The Hall–Kier alpha value is -2.56. The Balaban J connectivity index is 1.47. The van der Waals surface area contributed by atoms with E-state index in [1.807, 2.05) is 36.4 Å². The van der Waals surface area contributed by atoms with Crippen molar-refractivity contribution in [2.45, 2.75) is 0 Å². The van der Waals surface area contributed by atoms with Crippen molar-refractivity contribution in [2.75, 3.05) is 12.4 Å². The number of thiophene rings is 1. The Morgan fingerprint density at radius 1 is 1.22 bits per heavy atom. The molecule has 0 aliphatic carbocycles. The van der Waals surface area contributed by atoms with E-state index in [2.05, 4.69) is 35.8 Å². The van der Waals surface area contributed by atoms with Crippen LogP contribution in [0.15, 0.2) is 50.8 Å². The van der Waals surface area contributed by atoms with Gasteiger partial charge in [0.15, 0.2) is 17.3 Å². The minimum Gasteiger partial charge on any atom is -0.497 e. The maximum absolute atomic E-state index is 12.4. The van der Waals surface area contributed by atoms with E-state index in [-0.39, 0.29) is 5.69 Å². The molecule has 0 aliphatic rings. The monoisotopic (exact) mass is 462 g/mol. The van der Waals surface area contributed by atoms with Gasteiger partial charge in [0.2, 0.25) is 5.13 Å². The quantitative estimate of drug-likeness (QED) is 0.451. The molecule has 0 radical (unpaired) electrons. The van der Waals surface area contributed by atoms with Crippen LogP contribution in [0.5, 0.6) is 5.75 Å². The van der Waals surface area contributed by atoms with E-state index in [0.717, 1.165) is 31.5 Å². The number of methoxy groups -OCH3 is 1. The molecule has 4 aromatic rings. The van der Waals surface area contributed by atoms with Crippen molar-refractivity contribution in [2.24, 2.45) is 0 Å². The van der Waals surface area contributed by atoms with Gasteiger partial charge in [-0.25, -0.2) is 0 Å². The third-order valence-electron chi connectivity index (χ3n) is 3.56. The molecule has 0 saturated carbocycles. The summed E-state index contributed by atoms with van der Waals surface area (Å²) in [6, 6.07) is 12.7. The molecular weight excluding hydrogens is 452 g/mol. The number of carbonyl (C=O) groups excluding carboxylic acids is 1. The van der Waals surface area contributed by atoms with E-state index in [1.54, 1.807) is 13.2 Å². The number of ether oxygens (including phenoxy) is 1. The van der Waals surface area contributed by atoms with E-state index in [9.17, 15) is 4.79 Å². The van der Waals surface area contributed by atoms with Gasteiger partial charge >= 0.3 is 0 Å². The summed E-state index contributed by atoms with van der Waals surface area (Å²) in [5.41, 5.74) is 0.959. The van der Waals surface area contributed by atoms with Gasteiger partial charge in [-0.1, -0.05) is 5.16 Å². The highest BCUT2D eigenvalue weighted by atomic mass is 79.9. The third-order valence-corrected chi connectivity index (χ3v) is 5.81. The standard InChI is InChI=1S/C17H11BrN4O3S2/c1-24-10-4-2-9(3-5-10)12-8-11(21-25-12)16(23)20-17-19-15(22-27-17)13-6-7-14(18)26-13/h2-8H,1H3,(H,19,20,22,23). The maximum atomic E-state index is 12.4. The Bertz CT molecular complexity index is 1090. The van der Waals surface area contributed by atoms with Crippen molar-refractivity contribution < 1.29 is 14.1 Å². The summed E-state index contributed by atoms with van der Waals surface area (Å²) in [6.45, 7) is 0. The summed E-state index contributed by atoms with van der Waals surface area (Å²) in [6.07, 6.45) is 0. The number of aromatic nitrogens is 3. The van der Waals surface area contributed by atoms with E-state index < -0.39 is 5.91 Å². The summed E-state index contributed by atoms with van der Waals surface area (Å²) in [4.78, 5) is 17.6. The zero-order valence-electron chi connectivity index (χ0n) is 13.8. The molecule has 0 bridgehead atoms. The predicted octanol–water partition coefficient (Wildman–Crippen LogP) is 4.95. The predicted molar refractivity (Wildman–Crippen MR) is 107 cm³/mol. The number of anilines is 1. The molecule has 0 fully saturated rings. The Labute approximate surface area is 170 Å². The summed E-state index contributed by atoms with van der Waals surface area (Å²) >= 11 is 6.04. The van der Waals surface area contributed by atoms with Crippen LogP contribution in [0.25, 0.3) is 22.0 Å². The number of carbonyl (C=O) groups is 1. The van der Waals surface area contributed by atoms with Gasteiger partial charge in [-0.05, 0) is 52.3 Å². The largest absolute Gasteiger partial charge is 0.497 e. The minimum atomic E-state index is -0.409. The van der Waals surface area contributed by atoms with Crippen molar-refractivity contribution in [1.82, 2.24) is 14.5 Å². The molecule has 1 amide bonds. The average molecular weight is 463 g/mol. The van der Waals surface area contributed by atoms with Crippen molar-refractivity contribution in [3.63, 3.8) is 0 Å². The SMILES string of the molecule is COc1ccc(-c2cc(C(=O)Nc3nc(-c4ccc(Br)s4)ns3)no2)cc1. The first-order chi connectivity index (χ1) is 13.1. The molecule has 7 nitrogen and oxygen atoms in total. The first-order valence-electron chi connectivity index (χ1n) is 7.64. The number of benzene rings is 1. The molecule has 27 heavy (non-hydrogen) atoms. The van der Waals surface area contributed by atoms with Gasteiger partial charge in [-0.15, -0.1) is 11.3 Å². The van der Waals surface area contributed by atoms with E-state index in [4.69, 9.17) is 9.26 Å². The van der Waals surface area contributed by atoms with Gasteiger partial charge in [0.05, 0.1) is 15.8 Å². The molecule has 10 heteroatoms. The zero-order chi connectivity index (χ0) is 18.8. The normalized spacial score (nSPS) is 10.7. The summed E-state index contributed by atoms with van der Waals surface area (Å²) in [5.74, 6) is 1.39. The highest BCUT2D eigenvalue weighted by Crippen LogP contribution is 2.31. The fourth-order valence-electron chi connectivity index (χ4n) is 2.24. The third kappa shape index (κ3) is 3.92. The second-order valence-electron chi connectivity index (χ2n) is 5.29. The fraction of sp³-hybridized carbons (Fsp3) is 0.0588. The Morgan fingerprint density at radius 2 is 2.04 bits per heavy atom. The summed E-state index contributed by atoms with van der Waals surface area (Å²) < 4.78 is 15.7. The molecule has 3 heterocycles. The van der Waals surface area contributed by atoms with Crippen LogP contribution in [-0.2, 0) is 0 Å². The second-order valence-corrected chi connectivity index (χ2v) is 8.50. The van der Waals surface area contributed by atoms with Crippen LogP contribution in [0, 0.1) is 0 Å². The van der Waals surface area contributed by atoms with Crippen LogP contribution in [0.2, 0.25) is 0 Å². The Kier molecular flexibility index (Phi) is 5.01. The molecule has 0 unspecified atom stereocenters. The lowest BCUT2D eigenvalue weighted by atomic mass is 10.1. The molecule has 4 rings (SSSR count). The van der Waals surface area contributed by atoms with Crippen LogP contribution in [0.3, 0.4) is 0 Å². The molecule has 0 spiro atoms. The van der Waals surface area contributed by atoms with Crippen molar-refractivity contribution in [1.29, 1.82) is 0 Å². The van der Waals surface area contributed by atoms with Crippen molar-refractivity contribution >= 4 is 49.8 Å². The lowest BCUT2D eigenvalue weighted by molar-refractivity contribution is 0.101. The smallest absolute Gasteiger partial charge is 0.279 e. The summed E-state index contributed by atoms with van der Waals surface area (Å²) in [5, 5.41) is 6.92. The van der Waals surface area contributed by atoms with Crippen molar-refractivity contribution in [3.8, 4) is 27.8 Å². The van der Waals surface area contributed by atoms with Gasteiger partial charge in [0.25, 0.3) is 5.91 Å². The minimum absolute atomic E-state index is 0.163.